The molecule has 5 aromatic carbocycles. The second-order valence-corrected chi connectivity index (χ2v) is 11.3. The van der Waals surface area contributed by atoms with E-state index in [1.165, 1.54) is 91.0 Å². The van der Waals surface area contributed by atoms with E-state index in [0.717, 1.165) is 23.0 Å². The molecule has 0 heteroatoms. The van der Waals surface area contributed by atoms with Crippen molar-refractivity contribution in [1.29, 1.82) is 0 Å². The molecule has 0 fully saturated rings. The molecule has 0 amide bonds. The number of fused-ring (bicyclic) bond motifs is 6. The van der Waals surface area contributed by atoms with Gasteiger partial charge in [0.25, 0.3) is 0 Å². The lowest BCUT2D eigenvalue weighted by Gasteiger charge is -2.15. The van der Waals surface area contributed by atoms with E-state index in [1.807, 2.05) is 13.8 Å². The monoisotopic (exact) mass is 462 g/mol. The second-order valence-electron chi connectivity index (χ2n) is 11.3. The first-order valence-electron chi connectivity index (χ1n) is 13.3. The molecule has 174 valence electrons. The summed E-state index contributed by atoms with van der Waals surface area (Å²) >= 11 is 0. The average Bonchev–Trinajstić information content (AvgIpc) is 3.40. The summed E-state index contributed by atoms with van der Waals surface area (Å²) in [6, 6.07) is 19.2. The minimum Gasteiger partial charge on any atom is -0.101 e. The molecule has 0 heterocycles. The minimum absolute atomic E-state index is 0.730. The molecule has 2 aliphatic rings. The Balaban J connectivity index is 1.63. The Kier molecular flexibility index (Phi) is 4.72. The van der Waals surface area contributed by atoms with Gasteiger partial charge < -0.3 is 0 Å². The molecule has 0 aliphatic heterocycles. The van der Waals surface area contributed by atoms with Gasteiger partial charge in [-0.25, -0.2) is 0 Å². The smallest absolute Gasteiger partial charge is 0.0403 e. The highest BCUT2D eigenvalue weighted by atomic mass is 14.3. The largest absolute Gasteiger partial charge is 0.101 e. The van der Waals surface area contributed by atoms with Crippen molar-refractivity contribution >= 4 is 43.1 Å². The van der Waals surface area contributed by atoms with Crippen LogP contribution in [0.2, 0.25) is 0 Å². The Morgan fingerprint density at radius 3 is 1.00 bits per heavy atom. The van der Waals surface area contributed by atoms with E-state index in [1.54, 1.807) is 0 Å². The molecule has 0 nitrogen and oxygen atoms in total. The first-order chi connectivity index (χ1) is 17.5. The van der Waals surface area contributed by atoms with E-state index < -0.39 is 0 Å². The van der Waals surface area contributed by atoms with Crippen molar-refractivity contribution in [3.63, 3.8) is 0 Å². The van der Waals surface area contributed by atoms with Crippen molar-refractivity contribution in [2.75, 3.05) is 0 Å². The maximum Gasteiger partial charge on any atom is 0.0403 e. The predicted molar refractivity (Wildman–Crippen MR) is 155 cm³/mol. The van der Waals surface area contributed by atoms with Crippen molar-refractivity contribution in [2.45, 2.75) is 53.4 Å². The summed E-state index contributed by atoms with van der Waals surface area (Å²) in [5, 5.41) is 10.2. The lowest BCUT2D eigenvalue weighted by atomic mass is 9.87. The number of hydrogen-bond acceptors (Lipinski definition) is 0. The summed E-state index contributed by atoms with van der Waals surface area (Å²) in [5.41, 5.74) is 8.33. The number of rotatable bonds is 0. The van der Waals surface area contributed by atoms with Crippen LogP contribution in [0.5, 0.6) is 0 Å². The van der Waals surface area contributed by atoms with Gasteiger partial charge in [-0.2, -0.15) is 0 Å². The molecule has 0 bridgehead atoms. The van der Waals surface area contributed by atoms with Gasteiger partial charge in [0.2, 0.25) is 0 Å². The van der Waals surface area contributed by atoms with Gasteiger partial charge in [0.1, 0.15) is 0 Å². The summed E-state index contributed by atoms with van der Waals surface area (Å²) in [6.07, 6.45) is 4.74. The normalized spacial score (nSPS) is 15.2. The Labute approximate surface area is 213 Å². The van der Waals surface area contributed by atoms with Gasteiger partial charge in [-0.3, -0.25) is 0 Å². The van der Waals surface area contributed by atoms with Crippen LogP contribution in [-0.4, -0.2) is 0 Å². The number of hydrogen-bond donors (Lipinski definition) is 0. The van der Waals surface area contributed by atoms with Crippen LogP contribution >= 0.6 is 0 Å². The topological polar surface area (TPSA) is 0 Å². The highest BCUT2D eigenvalue weighted by Crippen LogP contribution is 2.40. The maximum absolute atomic E-state index is 3.51. The van der Waals surface area contributed by atoms with Crippen molar-refractivity contribution in [3.8, 4) is 23.7 Å². The molecule has 0 unspecified atom stereocenters. The molecule has 0 radical (unpaired) electrons. The molecule has 7 rings (SSSR count). The van der Waals surface area contributed by atoms with Gasteiger partial charge in [0.05, 0.1) is 0 Å². The molecule has 0 saturated heterocycles. The van der Waals surface area contributed by atoms with Crippen molar-refractivity contribution in [1.82, 2.24) is 0 Å². The SMILES string of the molecule is CC#Cc1c2cc3cc4c(cc3cc2c(C#CC)c2cc3cc5c(cc3cc12)CC(C)C5)CC(C)C4. The van der Waals surface area contributed by atoms with Crippen LogP contribution < -0.4 is 0 Å². The Morgan fingerprint density at radius 1 is 0.472 bits per heavy atom. The van der Waals surface area contributed by atoms with Crippen LogP contribution in [0.1, 0.15) is 61.1 Å². The molecule has 0 saturated carbocycles. The molecular formula is C36H30. The van der Waals surface area contributed by atoms with Gasteiger partial charge in [-0.1, -0.05) is 50.0 Å². The third-order valence-electron chi connectivity index (χ3n) is 8.44. The van der Waals surface area contributed by atoms with Gasteiger partial charge in [0.15, 0.2) is 0 Å². The van der Waals surface area contributed by atoms with Crippen molar-refractivity contribution in [3.05, 3.63) is 81.9 Å². The van der Waals surface area contributed by atoms with Crippen molar-refractivity contribution < 1.29 is 0 Å². The van der Waals surface area contributed by atoms with E-state index >= 15 is 0 Å². The highest BCUT2D eigenvalue weighted by Gasteiger charge is 2.21. The van der Waals surface area contributed by atoms with Crippen LogP contribution in [0.3, 0.4) is 0 Å². The summed E-state index contributed by atoms with van der Waals surface area (Å²) in [4.78, 5) is 0. The second kappa shape index (κ2) is 7.88. The molecule has 0 spiro atoms. The third-order valence-corrected chi connectivity index (χ3v) is 8.44. The first kappa shape index (κ1) is 21.5. The molecule has 0 aromatic heterocycles. The van der Waals surface area contributed by atoms with Gasteiger partial charge in [0, 0.05) is 11.1 Å². The van der Waals surface area contributed by atoms with Gasteiger partial charge in [-0.15, -0.1) is 11.8 Å². The van der Waals surface area contributed by atoms with E-state index in [-0.39, 0.29) is 0 Å². The standard InChI is InChI=1S/C36H30/c1-5-7-31-33-17-27-13-23-9-21(3)11-25(23)15-29(27)19-35(33)32(8-6-2)36-20-30-16-26-12-22(4)10-24(26)14-28(30)18-34(31)36/h13-22H,9-12H2,1-4H3. The summed E-state index contributed by atoms with van der Waals surface area (Å²) in [7, 11) is 0. The summed E-state index contributed by atoms with van der Waals surface area (Å²) in [6.45, 7) is 8.61. The van der Waals surface area contributed by atoms with Crippen molar-refractivity contribution in [2.24, 2.45) is 11.8 Å². The zero-order valence-electron chi connectivity index (χ0n) is 21.6. The van der Waals surface area contributed by atoms with Crippen LogP contribution in [0.4, 0.5) is 0 Å². The van der Waals surface area contributed by atoms with Crippen LogP contribution in [0.25, 0.3) is 43.1 Å². The fourth-order valence-corrected chi connectivity index (χ4v) is 6.93. The molecule has 36 heavy (non-hydrogen) atoms. The number of benzene rings is 5. The van der Waals surface area contributed by atoms with E-state index in [9.17, 15) is 0 Å². The van der Waals surface area contributed by atoms with E-state index in [2.05, 4.69) is 86.1 Å². The van der Waals surface area contributed by atoms with Crippen LogP contribution in [-0.2, 0) is 25.7 Å². The molecular weight excluding hydrogens is 432 g/mol. The van der Waals surface area contributed by atoms with Crippen LogP contribution in [0.15, 0.2) is 48.5 Å². The molecule has 5 aromatic rings. The van der Waals surface area contributed by atoms with E-state index in [0.29, 0.717) is 0 Å². The lowest BCUT2D eigenvalue weighted by Crippen LogP contribution is -1.93. The Bertz CT molecular complexity index is 1640. The van der Waals surface area contributed by atoms with E-state index in [4.69, 9.17) is 0 Å². The molecule has 2 aliphatic carbocycles. The molecule has 0 N–H and O–H groups in total. The highest BCUT2D eigenvalue weighted by molar-refractivity contribution is 6.16. The zero-order chi connectivity index (χ0) is 24.6. The van der Waals surface area contributed by atoms with Gasteiger partial charge in [-0.05, 0) is 141 Å². The maximum atomic E-state index is 3.51. The lowest BCUT2D eigenvalue weighted by molar-refractivity contribution is 0.628. The summed E-state index contributed by atoms with van der Waals surface area (Å²) in [5.74, 6) is 14.9. The minimum atomic E-state index is 0.730. The Hall–Kier alpha value is -3.74. The predicted octanol–water partition coefficient (Wildman–Crippen LogP) is 8.51. The fourth-order valence-electron chi connectivity index (χ4n) is 6.93. The third kappa shape index (κ3) is 3.18. The quantitative estimate of drug-likeness (QED) is 0.160. The average molecular weight is 463 g/mol. The summed E-state index contributed by atoms with van der Waals surface area (Å²) < 4.78 is 0. The first-order valence-corrected chi connectivity index (χ1v) is 13.3. The van der Waals surface area contributed by atoms with Gasteiger partial charge >= 0.3 is 0 Å². The fraction of sp³-hybridized carbons (Fsp3) is 0.278. The molecule has 0 atom stereocenters. The zero-order valence-corrected chi connectivity index (χ0v) is 21.6. The van der Waals surface area contributed by atoms with Crippen LogP contribution in [0, 0.1) is 35.5 Å². The Morgan fingerprint density at radius 2 is 0.750 bits per heavy atom.